The molecule has 0 aromatic heterocycles. The molecule has 0 bridgehead atoms. The van der Waals surface area contributed by atoms with Crippen molar-refractivity contribution in [1.29, 1.82) is 0 Å². The predicted molar refractivity (Wildman–Crippen MR) is 110 cm³/mol. The van der Waals surface area contributed by atoms with Crippen LogP contribution in [-0.2, 0) is 4.79 Å². The lowest BCUT2D eigenvalue weighted by Gasteiger charge is -2.24. The molecule has 0 aliphatic heterocycles. The number of carbonyl (C=O) groups is 1. The Balaban J connectivity index is 2.07. The molecule has 0 saturated carbocycles. The van der Waals surface area contributed by atoms with Gasteiger partial charge in [-0.1, -0.05) is 30.4 Å². The zero-order valence-corrected chi connectivity index (χ0v) is 16.0. The Morgan fingerprint density at radius 3 is 1.96 bits per heavy atom. The first-order chi connectivity index (χ1) is 12.5. The molecule has 2 aliphatic carbocycles. The van der Waals surface area contributed by atoms with E-state index in [2.05, 4.69) is 60.3 Å². The summed E-state index contributed by atoms with van der Waals surface area (Å²) >= 11 is 0. The van der Waals surface area contributed by atoms with Crippen molar-refractivity contribution in [3.8, 4) is 0 Å². The minimum atomic E-state index is 0.0449. The molecule has 0 amide bonds. The normalized spacial score (nSPS) is 16.3. The first-order valence-corrected chi connectivity index (χ1v) is 8.95. The van der Waals surface area contributed by atoms with Crippen molar-refractivity contribution in [1.82, 2.24) is 4.90 Å². The summed E-state index contributed by atoms with van der Waals surface area (Å²) in [6, 6.07) is 8.62. The number of hydrogen-bond acceptors (Lipinski definition) is 3. The Labute approximate surface area is 156 Å². The van der Waals surface area contributed by atoms with Crippen molar-refractivity contribution in [3.05, 3.63) is 83.1 Å². The molecule has 3 heteroatoms. The SMILES string of the molecule is CN(C)C1=CC=C(C(=C2C=CC(=O)C=C2)c2ccc(N(C)C)cc2)CC1. The summed E-state index contributed by atoms with van der Waals surface area (Å²) in [5.74, 6) is 0.0449. The Morgan fingerprint density at radius 2 is 1.46 bits per heavy atom. The minimum absolute atomic E-state index is 0.0449. The predicted octanol–water partition coefficient (Wildman–Crippen LogP) is 4.37. The van der Waals surface area contributed by atoms with Crippen LogP contribution >= 0.6 is 0 Å². The number of hydrogen-bond donors (Lipinski definition) is 0. The molecule has 0 radical (unpaired) electrons. The van der Waals surface area contributed by atoms with E-state index in [9.17, 15) is 4.79 Å². The zero-order valence-electron chi connectivity index (χ0n) is 16.0. The van der Waals surface area contributed by atoms with Crippen LogP contribution in [0.1, 0.15) is 18.4 Å². The average molecular weight is 346 g/mol. The molecule has 0 spiro atoms. The molecule has 3 rings (SSSR count). The lowest BCUT2D eigenvalue weighted by molar-refractivity contribution is -0.110. The molecule has 0 saturated heterocycles. The Bertz CT molecular complexity index is 829. The number of ketones is 1. The van der Waals surface area contributed by atoms with E-state index in [0.29, 0.717) is 0 Å². The first kappa shape index (κ1) is 18.0. The van der Waals surface area contributed by atoms with Crippen LogP contribution in [0.4, 0.5) is 5.69 Å². The van der Waals surface area contributed by atoms with Crippen molar-refractivity contribution < 1.29 is 4.79 Å². The summed E-state index contributed by atoms with van der Waals surface area (Å²) in [5.41, 5.74) is 7.31. The molecule has 2 aliphatic rings. The maximum Gasteiger partial charge on any atom is 0.178 e. The number of nitrogens with zero attached hydrogens (tertiary/aromatic N) is 2. The van der Waals surface area contributed by atoms with E-state index in [1.165, 1.54) is 28.1 Å². The standard InChI is InChI=1S/C23H26N2O/c1-24(2)20-11-5-17(6-12-20)23(19-9-15-22(26)16-10-19)18-7-13-21(14-8-18)25(3)4/h5-7,9-13,15-16H,8,14H2,1-4H3. The molecule has 0 unspecified atom stereocenters. The largest absolute Gasteiger partial charge is 0.381 e. The fourth-order valence-corrected chi connectivity index (χ4v) is 3.29. The fraction of sp³-hybridized carbons (Fsp3) is 0.261. The maximum absolute atomic E-state index is 11.6. The Kier molecular flexibility index (Phi) is 5.27. The van der Waals surface area contributed by atoms with E-state index in [1.54, 1.807) is 12.2 Å². The van der Waals surface area contributed by atoms with Gasteiger partial charge in [0.05, 0.1) is 0 Å². The van der Waals surface area contributed by atoms with Gasteiger partial charge in [0.25, 0.3) is 0 Å². The highest BCUT2D eigenvalue weighted by Gasteiger charge is 2.17. The molecule has 1 aromatic rings. The van der Waals surface area contributed by atoms with E-state index in [0.717, 1.165) is 18.4 Å². The van der Waals surface area contributed by atoms with Crippen LogP contribution in [-0.4, -0.2) is 38.9 Å². The van der Waals surface area contributed by atoms with Crippen LogP contribution in [0.5, 0.6) is 0 Å². The van der Waals surface area contributed by atoms with Gasteiger partial charge >= 0.3 is 0 Å². The van der Waals surface area contributed by atoms with Gasteiger partial charge < -0.3 is 9.80 Å². The monoisotopic (exact) mass is 346 g/mol. The van der Waals surface area contributed by atoms with Crippen LogP contribution in [0.3, 0.4) is 0 Å². The summed E-state index contributed by atoms with van der Waals surface area (Å²) in [6.07, 6.45) is 13.6. The lowest BCUT2D eigenvalue weighted by Crippen LogP contribution is -2.13. The summed E-state index contributed by atoms with van der Waals surface area (Å²) in [5, 5.41) is 0. The molecule has 0 atom stereocenters. The molecule has 26 heavy (non-hydrogen) atoms. The quantitative estimate of drug-likeness (QED) is 0.809. The second-order valence-corrected chi connectivity index (χ2v) is 7.09. The van der Waals surface area contributed by atoms with Crippen molar-refractivity contribution >= 4 is 17.0 Å². The van der Waals surface area contributed by atoms with Crippen LogP contribution in [0.25, 0.3) is 5.57 Å². The maximum atomic E-state index is 11.6. The van der Waals surface area contributed by atoms with Crippen LogP contribution in [0, 0.1) is 0 Å². The highest BCUT2D eigenvalue weighted by Crippen LogP contribution is 2.35. The van der Waals surface area contributed by atoms with Gasteiger partial charge in [-0.05, 0) is 65.5 Å². The Hall–Kier alpha value is -2.81. The molecule has 1 aromatic carbocycles. The topological polar surface area (TPSA) is 23.6 Å². The van der Waals surface area contributed by atoms with E-state index >= 15 is 0 Å². The van der Waals surface area contributed by atoms with Gasteiger partial charge in [-0.15, -0.1) is 0 Å². The lowest BCUT2D eigenvalue weighted by atomic mass is 9.86. The molecular formula is C23H26N2O. The van der Waals surface area contributed by atoms with Crippen molar-refractivity contribution in [2.45, 2.75) is 12.8 Å². The summed E-state index contributed by atoms with van der Waals surface area (Å²) in [6.45, 7) is 0. The number of carbonyl (C=O) groups excluding carboxylic acids is 1. The second-order valence-electron chi connectivity index (χ2n) is 7.09. The van der Waals surface area contributed by atoms with Crippen molar-refractivity contribution in [2.75, 3.05) is 33.1 Å². The third-order valence-corrected chi connectivity index (χ3v) is 4.84. The summed E-state index contributed by atoms with van der Waals surface area (Å²) in [4.78, 5) is 15.8. The molecule has 3 nitrogen and oxygen atoms in total. The minimum Gasteiger partial charge on any atom is -0.381 e. The molecule has 134 valence electrons. The molecule has 0 heterocycles. The zero-order chi connectivity index (χ0) is 18.7. The van der Waals surface area contributed by atoms with Gasteiger partial charge in [0.1, 0.15) is 0 Å². The second kappa shape index (κ2) is 7.61. The van der Waals surface area contributed by atoms with Gasteiger partial charge in [0.2, 0.25) is 0 Å². The molecule has 0 fully saturated rings. The summed E-state index contributed by atoms with van der Waals surface area (Å²) in [7, 11) is 8.26. The van der Waals surface area contributed by atoms with E-state index < -0.39 is 0 Å². The fourth-order valence-electron chi connectivity index (χ4n) is 3.29. The average Bonchev–Trinajstić information content (AvgIpc) is 2.64. The van der Waals surface area contributed by atoms with Crippen molar-refractivity contribution in [3.63, 3.8) is 0 Å². The van der Waals surface area contributed by atoms with Gasteiger partial charge in [-0.3, -0.25) is 4.79 Å². The van der Waals surface area contributed by atoms with Gasteiger partial charge in [-0.2, -0.15) is 0 Å². The van der Waals surface area contributed by atoms with Crippen LogP contribution < -0.4 is 4.90 Å². The highest BCUT2D eigenvalue weighted by molar-refractivity contribution is 6.03. The van der Waals surface area contributed by atoms with E-state index in [4.69, 9.17) is 0 Å². The summed E-state index contributed by atoms with van der Waals surface area (Å²) < 4.78 is 0. The molecule has 0 N–H and O–H groups in total. The number of allylic oxidation sites excluding steroid dienone is 10. The van der Waals surface area contributed by atoms with Crippen LogP contribution in [0.2, 0.25) is 0 Å². The van der Waals surface area contributed by atoms with Crippen LogP contribution in [0.15, 0.2) is 77.6 Å². The highest BCUT2D eigenvalue weighted by atomic mass is 16.1. The van der Waals surface area contributed by atoms with Gasteiger partial charge in [0, 0.05) is 39.6 Å². The number of rotatable bonds is 4. The van der Waals surface area contributed by atoms with Gasteiger partial charge in [0.15, 0.2) is 5.78 Å². The first-order valence-electron chi connectivity index (χ1n) is 8.95. The smallest absolute Gasteiger partial charge is 0.178 e. The van der Waals surface area contributed by atoms with E-state index in [1.807, 2.05) is 26.2 Å². The van der Waals surface area contributed by atoms with Crippen molar-refractivity contribution in [2.24, 2.45) is 0 Å². The number of benzene rings is 1. The number of anilines is 1. The third kappa shape index (κ3) is 3.88. The molecular weight excluding hydrogens is 320 g/mol. The Morgan fingerprint density at radius 1 is 0.808 bits per heavy atom. The third-order valence-electron chi connectivity index (χ3n) is 4.84. The van der Waals surface area contributed by atoms with E-state index in [-0.39, 0.29) is 5.78 Å². The van der Waals surface area contributed by atoms with Gasteiger partial charge in [-0.25, -0.2) is 0 Å².